The lowest BCUT2D eigenvalue weighted by Crippen LogP contribution is -2.47. The molecule has 1 unspecified atom stereocenters. The summed E-state index contributed by atoms with van der Waals surface area (Å²) < 4.78 is 27.6. The van der Waals surface area contributed by atoms with Crippen LogP contribution in [0.25, 0.3) is 0 Å². The predicted molar refractivity (Wildman–Crippen MR) is 116 cm³/mol. The Bertz CT molecular complexity index is 1020. The number of aryl methyl sites for hydroxylation is 1. The van der Waals surface area contributed by atoms with Gasteiger partial charge in [0.25, 0.3) is 15.9 Å². The summed E-state index contributed by atoms with van der Waals surface area (Å²) >= 11 is 0. The molecule has 1 fully saturated rings. The number of hydrogen-bond donors (Lipinski definition) is 2. The van der Waals surface area contributed by atoms with Gasteiger partial charge in [-0.05, 0) is 70.0 Å². The van der Waals surface area contributed by atoms with Crippen LogP contribution in [0.5, 0.6) is 0 Å². The maximum Gasteiger partial charge on any atom is 0.261 e. The van der Waals surface area contributed by atoms with Crippen molar-refractivity contribution in [1.82, 2.24) is 10.2 Å². The van der Waals surface area contributed by atoms with Gasteiger partial charge in [-0.3, -0.25) is 14.3 Å². The minimum absolute atomic E-state index is 0.0101. The highest BCUT2D eigenvalue weighted by Gasteiger charge is 2.34. The summed E-state index contributed by atoms with van der Waals surface area (Å²) in [5.74, 6) is -0.373. The number of hydrogen-bond acceptors (Lipinski definition) is 4. The summed E-state index contributed by atoms with van der Waals surface area (Å²) in [6, 6.07) is 12.4. The Balaban J connectivity index is 1.71. The number of rotatable bonds is 6. The van der Waals surface area contributed by atoms with Gasteiger partial charge in [-0.2, -0.15) is 0 Å². The van der Waals surface area contributed by atoms with E-state index in [9.17, 15) is 18.0 Å². The molecule has 0 aromatic heterocycles. The standard InChI is InChI=1S/C22H27N3O4S/c1-15(2)23-21(26)20-5-4-14-25(20)22(27)17-8-10-18(11-9-17)24-30(28,29)19-12-6-16(3)7-13-19/h6-13,15,20,24H,4-5,14H2,1-3H3,(H,23,26). The minimum atomic E-state index is -3.71. The van der Waals surface area contributed by atoms with E-state index in [-0.39, 0.29) is 22.8 Å². The molecule has 2 aromatic rings. The zero-order chi connectivity index (χ0) is 21.9. The largest absolute Gasteiger partial charge is 0.352 e. The molecule has 3 rings (SSSR count). The number of nitrogens with one attached hydrogen (secondary N) is 2. The number of amides is 2. The normalized spacial score (nSPS) is 16.5. The summed E-state index contributed by atoms with van der Waals surface area (Å²) in [6.45, 7) is 6.18. The van der Waals surface area contributed by atoms with Crippen LogP contribution in [-0.2, 0) is 14.8 Å². The van der Waals surface area contributed by atoms with Gasteiger partial charge < -0.3 is 10.2 Å². The van der Waals surface area contributed by atoms with E-state index in [0.29, 0.717) is 24.2 Å². The van der Waals surface area contributed by atoms with Crippen LogP contribution in [0.2, 0.25) is 0 Å². The van der Waals surface area contributed by atoms with Crippen molar-refractivity contribution in [3.05, 3.63) is 59.7 Å². The monoisotopic (exact) mass is 429 g/mol. The molecule has 2 amide bonds. The van der Waals surface area contributed by atoms with Crippen LogP contribution in [-0.4, -0.2) is 43.8 Å². The van der Waals surface area contributed by atoms with Crippen molar-refractivity contribution in [2.75, 3.05) is 11.3 Å². The van der Waals surface area contributed by atoms with Crippen molar-refractivity contribution >= 4 is 27.5 Å². The van der Waals surface area contributed by atoms with Gasteiger partial charge in [-0.1, -0.05) is 17.7 Å². The van der Waals surface area contributed by atoms with E-state index in [0.717, 1.165) is 12.0 Å². The van der Waals surface area contributed by atoms with Crippen LogP contribution < -0.4 is 10.0 Å². The summed E-state index contributed by atoms with van der Waals surface area (Å²) in [7, 11) is -3.71. The number of carbonyl (C=O) groups excluding carboxylic acids is 2. The average Bonchev–Trinajstić information content (AvgIpc) is 3.17. The van der Waals surface area contributed by atoms with Crippen LogP contribution in [0.4, 0.5) is 5.69 Å². The first kappa shape index (κ1) is 21.8. The van der Waals surface area contributed by atoms with Gasteiger partial charge in [0.05, 0.1) is 4.90 Å². The molecule has 7 nitrogen and oxygen atoms in total. The van der Waals surface area contributed by atoms with Gasteiger partial charge in [-0.25, -0.2) is 8.42 Å². The summed E-state index contributed by atoms with van der Waals surface area (Å²) in [6.07, 6.45) is 1.41. The highest BCUT2D eigenvalue weighted by atomic mass is 32.2. The Hall–Kier alpha value is -2.87. The van der Waals surface area contributed by atoms with Crippen molar-refractivity contribution in [2.45, 2.75) is 50.6 Å². The Morgan fingerprint density at radius 1 is 1.03 bits per heavy atom. The SMILES string of the molecule is Cc1ccc(S(=O)(=O)Nc2ccc(C(=O)N3CCCC3C(=O)NC(C)C)cc2)cc1. The van der Waals surface area contributed by atoms with E-state index < -0.39 is 16.1 Å². The molecule has 1 aliphatic rings. The number of likely N-dealkylation sites (tertiary alicyclic amines) is 1. The molecule has 1 heterocycles. The first-order chi connectivity index (χ1) is 14.2. The molecular formula is C22H27N3O4S. The van der Waals surface area contributed by atoms with Crippen LogP contribution in [0.3, 0.4) is 0 Å². The first-order valence-electron chi connectivity index (χ1n) is 9.98. The Labute approximate surface area is 177 Å². The molecule has 160 valence electrons. The van der Waals surface area contributed by atoms with E-state index in [2.05, 4.69) is 10.0 Å². The average molecular weight is 430 g/mol. The highest BCUT2D eigenvalue weighted by Crippen LogP contribution is 2.22. The molecule has 1 saturated heterocycles. The third-order valence-electron chi connectivity index (χ3n) is 4.96. The van der Waals surface area contributed by atoms with Crippen molar-refractivity contribution < 1.29 is 18.0 Å². The van der Waals surface area contributed by atoms with Crippen molar-refractivity contribution in [2.24, 2.45) is 0 Å². The quantitative estimate of drug-likeness (QED) is 0.738. The van der Waals surface area contributed by atoms with E-state index in [1.165, 1.54) is 0 Å². The third kappa shape index (κ3) is 4.99. The summed E-state index contributed by atoms with van der Waals surface area (Å²) in [5.41, 5.74) is 1.75. The lowest BCUT2D eigenvalue weighted by Gasteiger charge is -2.25. The molecule has 0 spiro atoms. The van der Waals surface area contributed by atoms with Crippen molar-refractivity contribution in [3.8, 4) is 0 Å². The third-order valence-corrected chi connectivity index (χ3v) is 6.36. The first-order valence-corrected chi connectivity index (χ1v) is 11.5. The Morgan fingerprint density at radius 3 is 2.27 bits per heavy atom. The molecule has 30 heavy (non-hydrogen) atoms. The van der Waals surface area contributed by atoms with Crippen molar-refractivity contribution in [3.63, 3.8) is 0 Å². The molecule has 0 saturated carbocycles. The number of benzene rings is 2. The van der Waals surface area contributed by atoms with Crippen LogP contribution in [0, 0.1) is 6.92 Å². The second-order valence-corrected chi connectivity index (χ2v) is 9.50. The summed E-state index contributed by atoms with van der Waals surface area (Å²) in [4.78, 5) is 27.0. The number of anilines is 1. The molecule has 2 N–H and O–H groups in total. The fourth-order valence-electron chi connectivity index (χ4n) is 3.44. The smallest absolute Gasteiger partial charge is 0.261 e. The van der Waals surface area contributed by atoms with E-state index in [1.54, 1.807) is 53.4 Å². The topological polar surface area (TPSA) is 95.6 Å². The molecule has 0 aliphatic carbocycles. The van der Waals surface area contributed by atoms with Gasteiger partial charge >= 0.3 is 0 Å². The van der Waals surface area contributed by atoms with Crippen LogP contribution in [0.1, 0.15) is 42.6 Å². The minimum Gasteiger partial charge on any atom is -0.352 e. The molecule has 1 aliphatic heterocycles. The Kier molecular flexibility index (Phi) is 6.45. The molecule has 0 radical (unpaired) electrons. The zero-order valence-corrected chi connectivity index (χ0v) is 18.2. The van der Waals surface area contributed by atoms with Crippen LogP contribution >= 0.6 is 0 Å². The fourth-order valence-corrected chi connectivity index (χ4v) is 4.50. The zero-order valence-electron chi connectivity index (χ0n) is 17.4. The van der Waals surface area contributed by atoms with E-state index >= 15 is 0 Å². The second-order valence-electron chi connectivity index (χ2n) is 7.82. The van der Waals surface area contributed by atoms with E-state index in [4.69, 9.17) is 0 Å². The Morgan fingerprint density at radius 2 is 1.67 bits per heavy atom. The molecule has 2 aromatic carbocycles. The van der Waals surface area contributed by atoms with Crippen molar-refractivity contribution in [1.29, 1.82) is 0 Å². The number of carbonyl (C=O) groups is 2. The molecule has 1 atom stereocenters. The number of nitrogens with zero attached hydrogens (tertiary/aromatic N) is 1. The highest BCUT2D eigenvalue weighted by molar-refractivity contribution is 7.92. The van der Waals surface area contributed by atoms with Gasteiger partial charge in [0.15, 0.2) is 0 Å². The lowest BCUT2D eigenvalue weighted by molar-refractivity contribution is -0.125. The predicted octanol–water partition coefficient (Wildman–Crippen LogP) is 2.93. The second kappa shape index (κ2) is 8.87. The lowest BCUT2D eigenvalue weighted by atomic mass is 10.1. The van der Waals surface area contributed by atoms with Gasteiger partial charge in [0, 0.05) is 23.8 Å². The molecule has 8 heteroatoms. The number of sulfonamides is 1. The molecular weight excluding hydrogens is 402 g/mol. The maximum atomic E-state index is 12.9. The van der Waals surface area contributed by atoms with Crippen LogP contribution in [0.15, 0.2) is 53.4 Å². The van der Waals surface area contributed by atoms with Gasteiger partial charge in [0.2, 0.25) is 5.91 Å². The molecule has 0 bridgehead atoms. The van der Waals surface area contributed by atoms with Gasteiger partial charge in [-0.15, -0.1) is 0 Å². The fraction of sp³-hybridized carbons (Fsp3) is 0.364. The van der Waals surface area contributed by atoms with E-state index in [1.807, 2.05) is 20.8 Å². The maximum absolute atomic E-state index is 12.9. The van der Waals surface area contributed by atoms with Gasteiger partial charge in [0.1, 0.15) is 6.04 Å². The summed E-state index contributed by atoms with van der Waals surface area (Å²) in [5, 5.41) is 2.87.